The Balaban J connectivity index is 1.81. The molecule has 106 valence electrons. The summed E-state index contributed by atoms with van der Waals surface area (Å²) >= 11 is 0. The van der Waals surface area contributed by atoms with Crippen molar-refractivity contribution in [3.63, 3.8) is 0 Å². The van der Waals surface area contributed by atoms with Gasteiger partial charge < -0.3 is 10.6 Å². The molecule has 2 rings (SSSR count). The van der Waals surface area contributed by atoms with Crippen LogP contribution in [0.5, 0.6) is 0 Å². The number of hydrogen-bond acceptors (Lipinski definition) is 2. The molecule has 0 aliphatic rings. The molecule has 0 aliphatic carbocycles. The predicted octanol–water partition coefficient (Wildman–Crippen LogP) is 2.68. The minimum absolute atomic E-state index is 0.115. The van der Waals surface area contributed by atoms with Crippen molar-refractivity contribution in [3.8, 4) is 11.3 Å². The van der Waals surface area contributed by atoms with E-state index < -0.39 is 0 Å². The number of nitrogens with zero attached hydrogens (tertiary/aromatic N) is 1. The summed E-state index contributed by atoms with van der Waals surface area (Å²) in [5.74, 6) is 0. The van der Waals surface area contributed by atoms with Crippen LogP contribution < -0.4 is 10.6 Å². The molecule has 0 aliphatic heterocycles. The summed E-state index contributed by atoms with van der Waals surface area (Å²) in [4.78, 5) is 11.5. The maximum Gasteiger partial charge on any atom is 0.315 e. The van der Waals surface area contributed by atoms with E-state index in [1.807, 2.05) is 30.3 Å². The van der Waals surface area contributed by atoms with Crippen molar-refractivity contribution in [1.82, 2.24) is 20.8 Å². The van der Waals surface area contributed by atoms with E-state index in [1.165, 1.54) is 0 Å². The van der Waals surface area contributed by atoms with Crippen LogP contribution in [-0.4, -0.2) is 22.8 Å². The molecule has 5 heteroatoms. The maximum absolute atomic E-state index is 11.5. The van der Waals surface area contributed by atoms with Gasteiger partial charge in [0.1, 0.15) is 0 Å². The molecule has 0 saturated heterocycles. The van der Waals surface area contributed by atoms with Crippen molar-refractivity contribution in [2.24, 2.45) is 0 Å². The van der Waals surface area contributed by atoms with Gasteiger partial charge in [0.05, 0.1) is 5.69 Å². The zero-order valence-electron chi connectivity index (χ0n) is 11.6. The first-order valence-electron chi connectivity index (χ1n) is 6.90. The predicted molar refractivity (Wildman–Crippen MR) is 79.2 cm³/mol. The topological polar surface area (TPSA) is 69.8 Å². The van der Waals surface area contributed by atoms with Crippen LogP contribution in [0.3, 0.4) is 0 Å². The van der Waals surface area contributed by atoms with E-state index in [4.69, 9.17) is 0 Å². The fourth-order valence-corrected chi connectivity index (χ4v) is 1.84. The van der Waals surface area contributed by atoms with Gasteiger partial charge in [0.2, 0.25) is 0 Å². The van der Waals surface area contributed by atoms with Crippen molar-refractivity contribution in [1.29, 1.82) is 0 Å². The van der Waals surface area contributed by atoms with Gasteiger partial charge in [-0.25, -0.2) is 4.79 Å². The van der Waals surface area contributed by atoms with Crippen LogP contribution in [0.1, 0.15) is 25.3 Å². The monoisotopic (exact) mass is 272 g/mol. The molecule has 2 amide bonds. The lowest BCUT2D eigenvalue weighted by Crippen LogP contribution is -2.35. The number of aromatic amines is 1. The average Bonchev–Trinajstić information content (AvgIpc) is 3.00. The number of hydrogen-bond donors (Lipinski definition) is 3. The third-order valence-electron chi connectivity index (χ3n) is 3.03. The van der Waals surface area contributed by atoms with E-state index >= 15 is 0 Å². The van der Waals surface area contributed by atoms with E-state index in [2.05, 4.69) is 27.8 Å². The summed E-state index contributed by atoms with van der Waals surface area (Å²) in [5.41, 5.74) is 3.14. The molecule has 0 spiro atoms. The Morgan fingerprint density at radius 3 is 2.65 bits per heavy atom. The Kier molecular flexibility index (Phi) is 5.17. The summed E-state index contributed by atoms with van der Waals surface area (Å²) in [6.07, 6.45) is 3.81. The van der Waals surface area contributed by atoms with Gasteiger partial charge in [-0.05, 0) is 23.6 Å². The molecule has 1 heterocycles. The van der Waals surface area contributed by atoms with E-state index in [0.717, 1.165) is 36.2 Å². The van der Waals surface area contributed by atoms with Crippen molar-refractivity contribution in [3.05, 3.63) is 42.1 Å². The molecule has 0 radical (unpaired) electrons. The molecule has 5 nitrogen and oxygen atoms in total. The molecule has 0 unspecified atom stereocenters. The summed E-state index contributed by atoms with van der Waals surface area (Å²) in [5, 5.41) is 12.5. The first-order valence-corrected chi connectivity index (χ1v) is 6.90. The number of carbonyl (C=O) groups is 1. The molecule has 0 saturated carbocycles. The first-order chi connectivity index (χ1) is 9.79. The molecule has 0 bridgehead atoms. The highest BCUT2D eigenvalue weighted by molar-refractivity contribution is 5.73. The Bertz CT molecular complexity index is 519. The van der Waals surface area contributed by atoms with Crippen molar-refractivity contribution >= 4 is 6.03 Å². The number of aromatic nitrogens is 2. The highest BCUT2D eigenvalue weighted by Gasteiger charge is 2.01. The van der Waals surface area contributed by atoms with Gasteiger partial charge in [0.15, 0.2) is 0 Å². The summed E-state index contributed by atoms with van der Waals surface area (Å²) in [6, 6.07) is 9.84. The molecule has 2 aromatic rings. The summed E-state index contributed by atoms with van der Waals surface area (Å²) in [7, 11) is 0. The maximum atomic E-state index is 11.5. The number of H-pyrrole nitrogens is 1. The van der Waals surface area contributed by atoms with Gasteiger partial charge in [-0.2, -0.15) is 5.10 Å². The molecule has 1 aromatic carbocycles. The van der Waals surface area contributed by atoms with Crippen molar-refractivity contribution in [2.45, 2.75) is 26.3 Å². The highest BCUT2D eigenvalue weighted by Crippen LogP contribution is 2.16. The number of benzene rings is 1. The Morgan fingerprint density at radius 2 is 2.00 bits per heavy atom. The standard InChI is InChI=1S/C15H20N4O/c1-2-3-9-16-15(20)17-11-12-4-6-13(7-5-12)14-8-10-18-19-14/h4-8,10H,2-3,9,11H2,1H3,(H,18,19)(H2,16,17,20). The molecule has 3 N–H and O–H groups in total. The van der Waals surface area contributed by atoms with Gasteiger partial charge in [-0.1, -0.05) is 37.6 Å². The van der Waals surface area contributed by atoms with Crippen LogP contribution in [-0.2, 0) is 6.54 Å². The van der Waals surface area contributed by atoms with Gasteiger partial charge in [-0.3, -0.25) is 5.10 Å². The van der Waals surface area contributed by atoms with E-state index in [0.29, 0.717) is 6.54 Å². The van der Waals surface area contributed by atoms with Crippen LogP contribution in [0.15, 0.2) is 36.5 Å². The molecule has 0 fully saturated rings. The lowest BCUT2D eigenvalue weighted by molar-refractivity contribution is 0.240. The second kappa shape index (κ2) is 7.33. The fourth-order valence-electron chi connectivity index (χ4n) is 1.84. The molecule has 20 heavy (non-hydrogen) atoms. The zero-order chi connectivity index (χ0) is 14.2. The van der Waals surface area contributed by atoms with Gasteiger partial charge >= 0.3 is 6.03 Å². The second-order valence-corrected chi connectivity index (χ2v) is 4.63. The number of amides is 2. The molecule has 0 atom stereocenters. The fraction of sp³-hybridized carbons (Fsp3) is 0.333. The van der Waals surface area contributed by atoms with Crippen LogP contribution in [0.2, 0.25) is 0 Å². The summed E-state index contributed by atoms with van der Waals surface area (Å²) < 4.78 is 0. The zero-order valence-corrected chi connectivity index (χ0v) is 11.6. The number of nitrogens with one attached hydrogen (secondary N) is 3. The van der Waals surface area contributed by atoms with E-state index in [1.54, 1.807) is 6.20 Å². The van der Waals surface area contributed by atoms with Crippen LogP contribution in [0.4, 0.5) is 4.79 Å². The van der Waals surface area contributed by atoms with E-state index in [-0.39, 0.29) is 6.03 Å². The SMILES string of the molecule is CCCCNC(=O)NCc1ccc(-c2ccn[nH]2)cc1. The van der Waals surface area contributed by atoms with E-state index in [9.17, 15) is 4.79 Å². The normalized spacial score (nSPS) is 10.2. The van der Waals surface area contributed by atoms with Gasteiger partial charge in [0, 0.05) is 19.3 Å². The minimum Gasteiger partial charge on any atom is -0.338 e. The lowest BCUT2D eigenvalue weighted by Gasteiger charge is -2.07. The smallest absolute Gasteiger partial charge is 0.315 e. The molecular formula is C15H20N4O. The van der Waals surface area contributed by atoms with Gasteiger partial charge in [-0.15, -0.1) is 0 Å². The van der Waals surface area contributed by atoms with Crippen molar-refractivity contribution < 1.29 is 4.79 Å². The third-order valence-corrected chi connectivity index (χ3v) is 3.03. The number of unbranched alkanes of at least 4 members (excludes halogenated alkanes) is 1. The summed E-state index contributed by atoms with van der Waals surface area (Å²) in [6.45, 7) is 3.35. The number of rotatable bonds is 6. The lowest BCUT2D eigenvalue weighted by atomic mass is 10.1. The third kappa shape index (κ3) is 4.12. The Hall–Kier alpha value is -2.30. The second-order valence-electron chi connectivity index (χ2n) is 4.63. The number of urea groups is 1. The van der Waals surface area contributed by atoms with Crippen LogP contribution >= 0.6 is 0 Å². The quantitative estimate of drug-likeness (QED) is 0.708. The van der Waals surface area contributed by atoms with Gasteiger partial charge in [0.25, 0.3) is 0 Å². The Morgan fingerprint density at radius 1 is 1.20 bits per heavy atom. The largest absolute Gasteiger partial charge is 0.338 e. The molecular weight excluding hydrogens is 252 g/mol. The van der Waals surface area contributed by atoms with Crippen LogP contribution in [0.25, 0.3) is 11.3 Å². The van der Waals surface area contributed by atoms with Crippen LogP contribution in [0, 0.1) is 0 Å². The first kappa shape index (κ1) is 14.1. The average molecular weight is 272 g/mol. The highest BCUT2D eigenvalue weighted by atomic mass is 16.2. The Labute approximate surface area is 118 Å². The molecule has 1 aromatic heterocycles. The van der Waals surface area contributed by atoms with Crippen molar-refractivity contribution in [2.75, 3.05) is 6.54 Å². The minimum atomic E-state index is -0.115. The number of carbonyl (C=O) groups excluding carboxylic acids is 1.